The third-order valence-corrected chi connectivity index (χ3v) is 6.55. The summed E-state index contributed by atoms with van der Waals surface area (Å²) in [5, 5.41) is 18.8. The number of ketones is 1. The standard InChI is InChI=1S/C26H29N3O4/c1-18-5-7-19(8-6-18)23-16-29(28-27-23)15-20(30)17-32-21-9-10-22-24(31)14-26(33-25(22)13-21)11-3-2-4-12-26/h5-10,13,16,20,30H,2-4,11-12,14-15,17H2,1H3/t20-/m1/s1. The summed E-state index contributed by atoms with van der Waals surface area (Å²) in [5.74, 6) is 1.31. The van der Waals surface area contributed by atoms with Gasteiger partial charge in [0.25, 0.3) is 0 Å². The Labute approximate surface area is 193 Å². The molecule has 0 unspecified atom stereocenters. The quantitative estimate of drug-likeness (QED) is 0.604. The van der Waals surface area contributed by atoms with Crippen molar-refractivity contribution in [2.24, 2.45) is 0 Å². The predicted octanol–water partition coefficient (Wildman–Crippen LogP) is 4.36. The van der Waals surface area contributed by atoms with E-state index in [9.17, 15) is 9.90 Å². The van der Waals surface area contributed by atoms with E-state index in [-0.39, 0.29) is 24.5 Å². The average Bonchev–Trinajstić information content (AvgIpc) is 3.26. The van der Waals surface area contributed by atoms with Crippen molar-refractivity contribution in [3.63, 3.8) is 0 Å². The molecule has 1 atom stereocenters. The van der Waals surface area contributed by atoms with Crippen molar-refractivity contribution in [2.45, 2.75) is 63.7 Å². The number of carbonyl (C=O) groups is 1. The van der Waals surface area contributed by atoms with Crippen LogP contribution in [-0.4, -0.2) is 44.2 Å². The highest BCUT2D eigenvalue weighted by Crippen LogP contribution is 2.42. The molecule has 2 aromatic carbocycles. The van der Waals surface area contributed by atoms with Crippen molar-refractivity contribution in [3.05, 3.63) is 59.8 Å². The Morgan fingerprint density at radius 3 is 2.73 bits per heavy atom. The van der Waals surface area contributed by atoms with E-state index in [1.807, 2.05) is 37.4 Å². The number of aliphatic hydroxyl groups excluding tert-OH is 1. The van der Waals surface area contributed by atoms with E-state index in [1.165, 1.54) is 12.0 Å². The molecule has 1 spiro atoms. The van der Waals surface area contributed by atoms with Gasteiger partial charge in [-0.3, -0.25) is 4.79 Å². The lowest BCUT2D eigenvalue weighted by Gasteiger charge is -2.40. The van der Waals surface area contributed by atoms with Gasteiger partial charge in [0.15, 0.2) is 5.78 Å². The fraction of sp³-hybridized carbons (Fsp3) is 0.423. The average molecular weight is 448 g/mol. The lowest BCUT2D eigenvalue weighted by Crippen LogP contribution is -2.43. The summed E-state index contributed by atoms with van der Waals surface area (Å²) in [4.78, 5) is 12.7. The number of aromatic nitrogens is 3. The fourth-order valence-corrected chi connectivity index (χ4v) is 4.74. The van der Waals surface area contributed by atoms with Gasteiger partial charge in [-0.1, -0.05) is 41.5 Å². The molecule has 1 saturated carbocycles. The molecule has 0 amide bonds. The van der Waals surface area contributed by atoms with Gasteiger partial charge in [0.1, 0.15) is 35.5 Å². The van der Waals surface area contributed by atoms with Crippen LogP contribution in [0.5, 0.6) is 11.5 Å². The highest BCUT2D eigenvalue weighted by molar-refractivity contribution is 6.00. The Hall–Kier alpha value is -3.19. The van der Waals surface area contributed by atoms with Crippen LogP contribution in [0, 0.1) is 6.92 Å². The molecule has 7 nitrogen and oxygen atoms in total. The maximum atomic E-state index is 12.7. The molecule has 0 bridgehead atoms. The minimum Gasteiger partial charge on any atom is -0.491 e. The van der Waals surface area contributed by atoms with Crippen molar-refractivity contribution >= 4 is 5.78 Å². The van der Waals surface area contributed by atoms with Gasteiger partial charge < -0.3 is 14.6 Å². The summed E-state index contributed by atoms with van der Waals surface area (Å²) in [6.07, 6.45) is 6.75. The van der Waals surface area contributed by atoms with E-state index in [0.717, 1.165) is 36.9 Å². The number of ether oxygens (including phenoxy) is 2. The Balaban J connectivity index is 1.20. The number of rotatable bonds is 6. The van der Waals surface area contributed by atoms with Crippen LogP contribution in [-0.2, 0) is 6.54 Å². The van der Waals surface area contributed by atoms with Gasteiger partial charge in [0.05, 0.1) is 24.7 Å². The first-order valence-electron chi connectivity index (χ1n) is 11.6. The zero-order valence-corrected chi connectivity index (χ0v) is 18.9. The second kappa shape index (κ2) is 8.98. The van der Waals surface area contributed by atoms with Gasteiger partial charge in [-0.2, -0.15) is 0 Å². The number of hydrogen-bond acceptors (Lipinski definition) is 6. The zero-order valence-electron chi connectivity index (χ0n) is 18.9. The molecule has 1 aromatic heterocycles. The Kier molecular flexibility index (Phi) is 5.89. The number of benzene rings is 2. The van der Waals surface area contributed by atoms with Gasteiger partial charge in [0.2, 0.25) is 0 Å². The van der Waals surface area contributed by atoms with E-state index in [1.54, 1.807) is 22.9 Å². The Morgan fingerprint density at radius 1 is 1.15 bits per heavy atom. The number of nitrogens with zero attached hydrogens (tertiary/aromatic N) is 3. The summed E-state index contributed by atoms with van der Waals surface area (Å²) in [6, 6.07) is 13.4. The van der Waals surface area contributed by atoms with Crippen molar-refractivity contribution < 1.29 is 19.4 Å². The lowest BCUT2D eigenvalue weighted by molar-refractivity contribution is 0.0132. The topological polar surface area (TPSA) is 86.5 Å². The SMILES string of the molecule is Cc1ccc(-c2cn(C[C@@H](O)COc3ccc4c(c3)OC3(CCCCC3)CC4=O)nn2)cc1. The van der Waals surface area contributed by atoms with Gasteiger partial charge in [0, 0.05) is 11.6 Å². The summed E-state index contributed by atoms with van der Waals surface area (Å²) in [7, 11) is 0. The van der Waals surface area contributed by atoms with Crippen LogP contribution in [0.25, 0.3) is 11.3 Å². The number of fused-ring (bicyclic) bond motifs is 1. The van der Waals surface area contributed by atoms with E-state index in [0.29, 0.717) is 23.5 Å². The number of Topliss-reactive ketones (excluding diaryl/α,β-unsaturated/α-hetero) is 1. The number of hydrogen-bond donors (Lipinski definition) is 1. The summed E-state index contributed by atoms with van der Waals surface area (Å²) < 4.78 is 13.8. The molecule has 0 radical (unpaired) electrons. The largest absolute Gasteiger partial charge is 0.491 e. The van der Waals surface area contributed by atoms with Crippen LogP contribution in [0.1, 0.15) is 54.4 Å². The zero-order chi connectivity index (χ0) is 22.8. The molecule has 1 aliphatic heterocycles. The van der Waals surface area contributed by atoms with E-state index in [4.69, 9.17) is 9.47 Å². The molecule has 2 heterocycles. The van der Waals surface area contributed by atoms with Gasteiger partial charge in [-0.05, 0) is 44.7 Å². The second-order valence-electron chi connectivity index (χ2n) is 9.26. The van der Waals surface area contributed by atoms with E-state index >= 15 is 0 Å². The van der Waals surface area contributed by atoms with Crippen LogP contribution in [0.2, 0.25) is 0 Å². The number of aryl methyl sites for hydroxylation is 1. The highest BCUT2D eigenvalue weighted by atomic mass is 16.5. The predicted molar refractivity (Wildman–Crippen MR) is 124 cm³/mol. The maximum absolute atomic E-state index is 12.7. The molecule has 1 aliphatic carbocycles. The van der Waals surface area contributed by atoms with Crippen molar-refractivity contribution in [3.8, 4) is 22.8 Å². The molecular weight excluding hydrogens is 418 g/mol. The minimum absolute atomic E-state index is 0.0948. The summed E-state index contributed by atoms with van der Waals surface area (Å²) in [5.41, 5.74) is 3.19. The van der Waals surface area contributed by atoms with Crippen LogP contribution >= 0.6 is 0 Å². The molecule has 33 heavy (non-hydrogen) atoms. The Morgan fingerprint density at radius 2 is 1.94 bits per heavy atom. The molecule has 7 heteroatoms. The molecule has 2 aliphatic rings. The van der Waals surface area contributed by atoms with Gasteiger partial charge in [-0.15, -0.1) is 5.10 Å². The van der Waals surface area contributed by atoms with Crippen molar-refractivity contribution in [1.29, 1.82) is 0 Å². The van der Waals surface area contributed by atoms with Gasteiger partial charge in [-0.25, -0.2) is 4.68 Å². The second-order valence-corrected chi connectivity index (χ2v) is 9.26. The molecule has 172 valence electrons. The molecule has 1 fully saturated rings. The van der Waals surface area contributed by atoms with E-state index < -0.39 is 6.10 Å². The first-order chi connectivity index (χ1) is 16.0. The molecule has 1 N–H and O–H groups in total. The molecule has 5 rings (SSSR count). The van der Waals surface area contributed by atoms with Crippen LogP contribution in [0.4, 0.5) is 0 Å². The normalized spacial score (nSPS) is 17.9. The fourth-order valence-electron chi connectivity index (χ4n) is 4.74. The molecule has 3 aromatic rings. The number of aliphatic hydroxyl groups is 1. The summed E-state index contributed by atoms with van der Waals surface area (Å²) in [6.45, 7) is 2.40. The monoisotopic (exact) mass is 447 g/mol. The summed E-state index contributed by atoms with van der Waals surface area (Å²) >= 11 is 0. The van der Waals surface area contributed by atoms with E-state index in [2.05, 4.69) is 10.3 Å². The van der Waals surface area contributed by atoms with Crippen LogP contribution < -0.4 is 9.47 Å². The van der Waals surface area contributed by atoms with Crippen molar-refractivity contribution in [2.75, 3.05) is 6.61 Å². The maximum Gasteiger partial charge on any atom is 0.170 e. The van der Waals surface area contributed by atoms with Crippen LogP contribution in [0.3, 0.4) is 0 Å². The van der Waals surface area contributed by atoms with Crippen LogP contribution in [0.15, 0.2) is 48.7 Å². The first kappa shape index (κ1) is 21.6. The first-order valence-corrected chi connectivity index (χ1v) is 11.6. The third kappa shape index (κ3) is 4.78. The Bertz CT molecular complexity index is 1130. The lowest BCUT2D eigenvalue weighted by atomic mass is 9.78. The smallest absolute Gasteiger partial charge is 0.170 e. The highest BCUT2D eigenvalue weighted by Gasteiger charge is 2.41. The molecule has 0 saturated heterocycles. The molecular formula is C26H29N3O4. The number of carbonyl (C=O) groups excluding carboxylic acids is 1. The van der Waals surface area contributed by atoms with Gasteiger partial charge >= 0.3 is 0 Å². The minimum atomic E-state index is -0.763. The third-order valence-electron chi connectivity index (χ3n) is 6.55. The van der Waals surface area contributed by atoms with Crippen molar-refractivity contribution in [1.82, 2.24) is 15.0 Å².